The van der Waals surface area contributed by atoms with Crippen molar-refractivity contribution in [2.75, 3.05) is 0 Å². The largest absolute Gasteiger partial charge is 0.327 e. The zero-order valence-corrected chi connectivity index (χ0v) is 9.61. The van der Waals surface area contributed by atoms with Crippen molar-refractivity contribution in [3.63, 3.8) is 0 Å². The fraction of sp³-hybridized carbons (Fsp3) is 0.167. The van der Waals surface area contributed by atoms with E-state index in [0.717, 1.165) is 5.69 Å². The van der Waals surface area contributed by atoms with Crippen LogP contribution in [0.1, 0.15) is 16.1 Å². The molecule has 4 heteroatoms. The summed E-state index contributed by atoms with van der Waals surface area (Å²) in [5, 5.41) is 0.635. The van der Waals surface area contributed by atoms with Crippen LogP contribution >= 0.6 is 11.6 Å². The van der Waals surface area contributed by atoms with Gasteiger partial charge in [-0.15, -0.1) is 0 Å². The normalized spacial score (nSPS) is 10.4. The molecule has 0 saturated carbocycles. The van der Waals surface area contributed by atoms with Crippen LogP contribution in [0.2, 0.25) is 5.02 Å². The Balaban J connectivity index is 2.15. The lowest BCUT2D eigenvalue weighted by molar-refractivity contribution is 0.0971. The third-order valence-electron chi connectivity index (χ3n) is 2.40. The molecular formula is C12H11ClN2O. The number of ketones is 1. The summed E-state index contributed by atoms with van der Waals surface area (Å²) in [7, 11) is 0. The number of Topliss-reactive ketones (excluding diaryl/α,β-unsaturated/α-hetero) is 1. The monoisotopic (exact) mass is 234 g/mol. The maximum absolute atomic E-state index is 11.9. The van der Waals surface area contributed by atoms with Crippen molar-refractivity contribution in [2.45, 2.75) is 13.5 Å². The predicted octanol–water partition coefficient (Wildman–Crippen LogP) is 2.73. The molecule has 16 heavy (non-hydrogen) atoms. The van der Waals surface area contributed by atoms with Crippen LogP contribution in [0.3, 0.4) is 0 Å². The minimum Gasteiger partial charge on any atom is -0.327 e. The second-order valence-corrected chi connectivity index (χ2v) is 4.03. The van der Waals surface area contributed by atoms with Crippen LogP contribution in [0.25, 0.3) is 0 Å². The third-order valence-corrected chi connectivity index (χ3v) is 2.65. The minimum atomic E-state index is 0.0535. The number of nitrogens with zero attached hydrogens (tertiary/aromatic N) is 2. The molecule has 82 valence electrons. The number of aromatic nitrogens is 2. The lowest BCUT2D eigenvalue weighted by Gasteiger charge is -2.04. The maximum Gasteiger partial charge on any atom is 0.182 e. The Morgan fingerprint density at radius 1 is 1.38 bits per heavy atom. The second kappa shape index (κ2) is 4.49. The molecule has 0 saturated heterocycles. The zero-order valence-electron chi connectivity index (χ0n) is 8.85. The SMILES string of the molecule is Cc1cncn1CC(=O)c1ccc(Cl)cc1. The van der Waals surface area contributed by atoms with Crippen LogP contribution in [0.4, 0.5) is 0 Å². The van der Waals surface area contributed by atoms with E-state index in [0.29, 0.717) is 17.1 Å². The molecule has 3 nitrogen and oxygen atoms in total. The molecule has 0 fully saturated rings. The summed E-state index contributed by atoms with van der Waals surface area (Å²) in [5.74, 6) is 0.0535. The third kappa shape index (κ3) is 2.31. The minimum absolute atomic E-state index is 0.0535. The molecule has 0 spiro atoms. The number of carbonyl (C=O) groups excluding carboxylic acids is 1. The molecule has 0 aliphatic carbocycles. The first-order valence-electron chi connectivity index (χ1n) is 4.92. The lowest BCUT2D eigenvalue weighted by Crippen LogP contribution is -2.10. The summed E-state index contributed by atoms with van der Waals surface area (Å²) in [6.45, 7) is 2.23. The summed E-state index contributed by atoms with van der Waals surface area (Å²) in [5.41, 5.74) is 1.64. The maximum atomic E-state index is 11.9. The molecule has 1 aromatic heterocycles. The van der Waals surface area contributed by atoms with Crippen LogP contribution < -0.4 is 0 Å². The van der Waals surface area contributed by atoms with Crippen molar-refractivity contribution < 1.29 is 4.79 Å². The Kier molecular flexibility index (Phi) is 3.06. The summed E-state index contributed by atoms with van der Waals surface area (Å²) < 4.78 is 1.82. The zero-order chi connectivity index (χ0) is 11.5. The Morgan fingerprint density at radius 2 is 2.06 bits per heavy atom. The molecule has 0 unspecified atom stereocenters. The van der Waals surface area contributed by atoms with E-state index in [9.17, 15) is 4.79 Å². The van der Waals surface area contributed by atoms with Gasteiger partial charge in [0.15, 0.2) is 5.78 Å². The fourth-order valence-electron chi connectivity index (χ4n) is 1.43. The van der Waals surface area contributed by atoms with Gasteiger partial charge in [-0.1, -0.05) is 11.6 Å². The van der Waals surface area contributed by atoms with Crippen LogP contribution in [0, 0.1) is 6.92 Å². The van der Waals surface area contributed by atoms with Crippen molar-refractivity contribution in [1.29, 1.82) is 0 Å². The number of benzene rings is 1. The molecule has 0 aliphatic rings. The molecule has 1 heterocycles. The summed E-state index contributed by atoms with van der Waals surface area (Å²) in [6.07, 6.45) is 3.39. The quantitative estimate of drug-likeness (QED) is 0.766. The Hall–Kier alpha value is -1.61. The molecule has 2 rings (SSSR count). The number of halogens is 1. The van der Waals surface area contributed by atoms with E-state index in [-0.39, 0.29) is 5.78 Å². The van der Waals surface area contributed by atoms with Gasteiger partial charge in [-0.05, 0) is 31.2 Å². The van der Waals surface area contributed by atoms with E-state index in [4.69, 9.17) is 11.6 Å². The van der Waals surface area contributed by atoms with Crippen LogP contribution in [0.5, 0.6) is 0 Å². The highest BCUT2D eigenvalue weighted by molar-refractivity contribution is 6.30. The average Bonchev–Trinajstić information content (AvgIpc) is 2.65. The van der Waals surface area contributed by atoms with Crippen molar-refractivity contribution in [3.05, 3.63) is 53.1 Å². The van der Waals surface area contributed by atoms with E-state index in [1.165, 1.54) is 0 Å². The van der Waals surface area contributed by atoms with E-state index in [2.05, 4.69) is 4.98 Å². The van der Waals surface area contributed by atoms with Gasteiger partial charge in [-0.2, -0.15) is 0 Å². The summed E-state index contributed by atoms with van der Waals surface area (Å²) >= 11 is 5.76. The van der Waals surface area contributed by atoms with Crippen LogP contribution in [0.15, 0.2) is 36.8 Å². The molecular weight excluding hydrogens is 224 g/mol. The van der Waals surface area contributed by atoms with Gasteiger partial charge < -0.3 is 4.57 Å². The Morgan fingerprint density at radius 3 is 2.62 bits per heavy atom. The standard InChI is InChI=1S/C12H11ClN2O/c1-9-6-14-8-15(9)7-12(16)10-2-4-11(13)5-3-10/h2-6,8H,7H2,1H3. The van der Waals surface area contributed by atoms with Gasteiger partial charge >= 0.3 is 0 Å². The highest BCUT2D eigenvalue weighted by atomic mass is 35.5. The van der Waals surface area contributed by atoms with Gasteiger partial charge in [0.1, 0.15) is 0 Å². The topological polar surface area (TPSA) is 34.9 Å². The van der Waals surface area contributed by atoms with Crippen LogP contribution in [-0.4, -0.2) is 15.3 Å². The highest BCUT2D eigenvalue weighted by Crippen LogP contribution is 2.11. The van der Waals surface area contributed by atoms with Crippen molar-refractivity contribution in [2.24, 2.45) is 0 Å². The first-order chi connectivity index (χ1) is 7.66. The number of aryl methyl sites for hydroxylation is 1. The Labute approximate surface area is 98.7 Å². The van der Waals surface area contributed by atoms with E-state index < -0.39 is 0 Å². The molecule has 1 aromatic carbocycles. The molecule has 0 atom stereocenters. The van der Waals surface area contributed by atoms with Gasteiger partial charge in [-0.3, -0.25) is 4.79 Å². The van der Waals surface area contributed by atoms with E-state index >= 15 is 0 Å². The van der Waals surface area contributed by atoms with Gasteiger partial charge in [0, 0.05) is 22.5 Å². The molecule has 0 bridgehead atoms. The number of hydrogen-bond donors (Lipinski definition) is 0. The molecule has 0 radical (unpaired) electrons. The number of rotatable bonds is 3. The van der Waals surface area contributed by atoms with Crippen molar-refractivity contribution >= 4 is 17.4 Å². The van der Waals surface area contributed by atoms with E-state index in [1.807, 2.05) is 11.5 Å². The summed E-state index contributed by atoms with van der Waals surface area (Å²) in [6, 6.07) is 6.90. The second-order valence-electron chi connectivity index (χ2n) is 3.59. The number of carbonyl (C=O) groups is 1. The molecule has 0 N–H and O–H groups in total. The lowest BCUT2D eigenvalue weighted by atomic mass is 10.1. The molecule has 0 amide bonds. The first kappa shape index (κ1) is 10.9. The smallest absolute Gasteiger partial charge is 0.182 e. The molecule has 0 aliphatic heterocycles. The van der Waals surface area contributed by atoms with Gasteiger partial charge in [-0.25, -0.2) is 4.98 Å². The number of hydrogen-bond acceptors (Lipinski definition) is 2. The first-order valence-corrected chi connectivity index (χ1v) is 5.30. The predicted molar refractivity (Wildman–Crippen MR) is 62.7 cm³/mol. The summed E-state index contributed by atoms with van der Waals surface area (Å²) in [4.78, 5) is 15.9. The highest BCUT2D eigenvalue weighted by Gasteiger charge is 2.07. The van der Waals surface area contributed by atoms with Gasteiger partial charge in [0.05, 0.1) is 12.9 Å². The van der Waals surface area contributed by atoms with Gasteiger partial charge in [0.25, 0.3) is 0 Å². The van der Waals surface area contributed by atoms with Crippen molar-refractivity contribution in [3.8, 4) is 0 Å². The average molecular weight is 235 g/mol. The molecule has 2 aromatic rings. The Bertz CT molecular complexity index is 502. The van der Waals surface area contributed by atoms with Gasteiger partial charge in [0.2, 0.25) is 0 Å². The number of imidazole rings is 1. The van der Waals surface area contributed by atoms with Crippen molar-refractivity contribution in [1.82, 2.24) is 9.55 Å². The van der Waals surface area contributed by atoms with Crippen LogP contribution in [-0.2, 0) is 6.54 Å². The van der Waals surface area contributed by atoms with E-state index in [1.54, 1.807) is 36.8 Å². The fourth-order valence-corrected chi connectivity index (χ4v) is 1.56.